The van der Waals surface area contributed by atoms with Crippen molar-refractivity contribution in [2.24, 2.45) is 5.16 Å². The van der Waals surface area contributed by atoms with Crippen molar-refractivity contribution in [3.8, 4) is 0 Å². The molecule has 2 nitrogen and oxygen atoms in total. The van der Waals surface area contributed by atoms with Crippen molar-refractivity contribution < 1.29 is 5.21 Å². The second-order valence-corrected chi connectivity index (χ2v) is 3.23. The van der Waals surface area contributed by atoms with Gasteiger partial charge in [-0.05, 0) is 6.92 Å². The summed E-state index contributed by atoms with van der Waals surface area (Å²) < 4.78 is 0.336. The molecule has 0 saturated heterocycles. The minimum Gasteiger partial charge on any atom is -0.412 e. The summed E-state index contributed by atoms with van der Waals surface area (Å²) in [6.45, 7) is 3.76. The highest BCUT2D eigenvalue weighted by molar-refractivity contribution is 14.1. The molecule has 0 rings (SSSR count). The monoisotopic (exact) mass is 211 g/mol. The van der Waals surface area contributed by atoms with Crippen LogP contribution < -0.4 is 0 Å². The fraction of sp³-hybridized carbons (Fsp3) is 0.667. The lowest BCUT2D eigenvalue weighted by Gasteiger charge is -1.90. The number of rotatable bonds is 1. The third kappa shape index (κ3) is 2.90. The Balaban J connectivity index is 3.56. The normalized spacial score (nSPS) is 11.6. The van der Waals surface area contributed by atoms with E-state index in [1.807, 2.05) is 6.82 Å². The van der Waals surface area contributed by atoms with Gasteiger partial charge in [0.2, 0.25) is 0 Å². The lowest BCUT2D eigenvalue weighted by molar-refractivity contribution is 0.320. The van der Waals surface area contributed by atoms with Gasteiger partial charge in [0, 0.05) is 5.61 Å². The maximum atomic E-state index is 8.09. The Morgan fingerprint density at radius 3 is 2.29 bits per heavy atom. The topological polar surface area (TPSA) is 32.6 Å². The van der Waals surface area contributed by atoms with Gasteiger partial charge in [-0.1, -0.05) is 6.82 Å². The zero-order valence-electron chi connectivity index (χ0n) is 4.35. The van der Waals surface area contributed by atoms with Crippen molar-refractivity contribution in [1.29, 1.82) is 0 Å². The van der Waals surface area contributed by atoms with Gasteiger partial charge in [-0.3, -0.25) is 0 Å². The molecule has 0 aliphatic rings. The minimum atomic E-state index is 0.336. The lowest BCUT2D eigenvalue weighted by atomic mass is 9.76. The number of nitrogens with zero attached hydrogens (tertiary/aromatic N) is 1. The molecule has 0 aromatic heterocycles. The minimum absolute atomic E-state index is 0.336. The maximum Gasteiger partial charge on any atom is 0.268 e. The first kappa shape index (κ1) is 7.26. The van der Waals surface area contributed by atoms with Gasteiger partial charge in [-0.25, -0.2) is 0 Å². The average Bonchev–Trinajstić information content (AvgIpc) is 1.65. The van der Waals surface area contributed by atoms with Crippen LogP contribution in [-0.2, 0) is 0 Å². The number of oxime groups is 1. The van der Waals surface area contributed by atoms with Gasteiger partial charge in [-0.2, -0.15) is 0 Å². The molecule has 0 aliphatic heterocycles. The molecule has 0 unspecified atom stereocenters. The van der Waals surface area contributed by atoms with Crippen LogP contribution in [0.2, 0.25) is 6.82 Å². The Morgan fingerprint density at radius 1 is 1.86 bits per heavy atom. The second kappa shape index (κ2) is 3.29. The molecule has 0 amide bonds. The summed E-state index contributed by atoms with van der Waals surface area (Å²) in [7, 11) is 0. The molecular weight excluding hydrogens is 204 g/mol. The number of halogens is 1. The van der Waals surface area contributed by atoms with Crippen molar-refractivity contribution in [3.05, 3.63) is 0 Å². The zero-order chi connectivity index (χ0) is 5.86. The molecule has 1 N–H and O–H groups in total. The molecule has 0 aromatic rings. The molecule has 0 saturated carbocycles. The Morgan fingerprint density at radius 2 is 2.29 bits per heavy atom. The van der Waals surface area contributed by atoms with Crippen LogP contribution in [0, 0.1) is 0 Å². The standard InChI is InChI=1S/C3H7BINO/c1-3(6-7)4(2)5/h7H,1-2H3/b6-3+. The highest BCUT2D eigenvalue weighted by Crippen LogP contribution is 1.94. The fourth-order valence-electron chi connectivity index (χ4n) is 0.0796. The van der Waals surface area contributed by atoms with E-state index >= 15 is 0 Å². The largest absolute Gasteiger partial charge is 0.412 e. The van der Waals surface area contributed by atoms with E-state index in [1.54, 1.807) is 6.92 Å². The summed E-state index contributed by atoms with van der Waals surface area (Å²) in [6, 6.07) is 0. The van der Waals surface area contributed by atoms with Crippen molar-refractivity contribution in [1.82, 2.24) is 0 Å². The van der Waals surface area contributed by atoms with Gasteiger partial charge in [0.25, 0.3) is 4.57 Å². The first-order valence-corrected chi connectivity index (χ1v) is 3.25. The summed E-state index contributed by atoms with van der Waals surface area (Å²) >= 11 is 2.18. The predicted molar refractivity (Wildman–Crippen MR) is 40.5 cm³/mol. The molecule has 0 aromatic carbocycles. The smallest absolute Gasteiger partial charge is 0.268 e. The van der Waals surface area contributed by atoms with Gasteiger partial charge < -0.3 is 5.21 Å². The van der Waals surface area contributed by atoms with Crippen molar-refractivity contribution in [3.63, 3.8) is 0 Å². The van der Waals surface area contributed by atoms with Crippen molar-refractivity contribution in [2.75, 3.05) is 0 Å². The molecule has 0 radical (unpaired) electrons. The summed E-state index contributed by atoms with van der Waals surface area (Å²) in [5.41, 5.74) is 0.764. The molecule has 0 fully saturated rings. The van der Waals surface area contributed by atoms with Gasteiger partial charge in [-0.15, -0.1) is 27.5 Å². The van der Waals surface area contributed by atoms with Gasteiger partial charge in [0.05, 0.1) is 0 Å². The van der Waals surface area contributed by atoms with Crippen LogP contribution in [0.1, 0.15) is 6.92 Å². The lowest BCUT2D eigenvalue weighted by Crippen LogP contribution is -2.09. The molecule has 0 bridgehead atoms. The highest BCUT2D eigenvalue weighted by Gasteiger charge is 2.03. The van der Waals surface area contributed by atoms with Gasteiger partial charge >= 0.3 is 0 Å². The molecule has 4 heteroatoms. The van der Waals surface area contributed by atoms with E-state index in [1.165, 1.54) is 0 Å². The van der Waals surface area contributed by atoms with E-state index in [2.05, 4.69) is 27.5 Å². The second-order valence-electron chi connectivity index (χ2n) is 1.36. The highest BCUT2D eigenvalue weighted by atomic mass is 127. The van der Waals surface area contributed by atoms with Gasteiger partial charge in [0.1, 0.15) is 0 Å². The van der Waals surface area contributed by atoms with Gasteiger partial charge in [0.15, 0.2) is 0 Å². The van der Waals surface area contributed by atoms with Crippen LogP contribution in [0.4, 0.5) is 0 Å². The fourth-order valence-corrected chi connectivity index (χ4v) is 0.204. The van der Waals surface area contributed by atoms with Crippen LogP contribution in [0.25, 0.3) is 0 Å². The first-order valence-electron chi connectivity index (χ1n) is 2.01. The summed E-state index contributed by atoms with van der Waals surface area (Å²) in [4.78, 5) is 0. The van der Waals surface area contributed by atoms with Crippen molar-refractivity contribution in [2.45, 2.75) is 13.7 Å². The zero-order valence-corrected chi connectivity index (χ0v) is 6.51. The van der Waals surface area contributed by atoms with Crippen LogP contribution in [0.5, 0.6) is 0 Å². The SMILES string of the molecule is CB(I)/C(C)=N/O. The van der Waals surface area contributed by atoms with E-state index in [-0.39, 0.29) is 0 Å². The Labute approximate surface area is 56.9 Å². The molecule has 40 valence electrons. The molecule has 0 spiro atoms. The number of hydrogen-bond donors (Lipinski definition) is 1. The van der Waals surface area contributed by atoms with E-state index in [9.17, 15) is 0 Å². The molecule has 0 atom stereocenters. The third-order valence-corrected chi connectivity index (χ3v) is 1.63. The van der Waals surface area contributed by atoms with Crippen LogP contribution in [-0.4, -0.2) is 15.4 Å². The Hall–Kier alpha value is 0.265. The average molecular weight is 211 g/mol. The molecular formula is C3H7BINO. The summed E-state index contributed by atoms with van der Waals surface area (Å²) in [5, 5.41) is 11.1. The summed E-state index contributed by atoms with van der Waals surface area (Å²) in [6.07, 6.45) is 0. The number of hydrogen-bond acceptors (Lipinski definition) is 2. The van der Waals surface area contributed by atoms with E-state index in [0.717, 1.165) is 5.61 Å². The van der Waals surface area contributed by atoms with E-state index in [0.29, 0.717) is 4.57 Å². The summed E-state index contributed by atoms with van der Waals surface area (Å²) in [5.74, 6) is 0. The van der Waals surface area contributed by atoms with Crippen LogP contribution in [0.3, 0.4) is 0 Å². The van der Waals surface area contributed by atoms with E-state index in [4.69, 9.17) is 5.21 Å². The van der Waals surface area contributed by atoms with E-state index < -0.39 is 0 Å². The quantitative estimate of drug-likeness (QED) is 0.230. The molecule has 7 heavy (non-hydrogen) atoms. The Kier molecular flexibility index (Phi) is 3.41. The van der Waals surface area contributed by atoms with Crippen LogP contribution in [0.15, 0.2) is 5.16 Å². The molecule has 0 heterocycles. The first-order chi connectivity index (χ1) is 3.18. The van der Waals surface area contributed by atoms with Crippen LogP contribution >= 0.6 is 22.4 Å². The Bertz CT molecular complexity index is 83.0. The molecule has 0 aliphatic carbocycles. The van der Waals surface area contributed by atoms with Crippen molar-refractivity contribution >= 4 is 32.6 Å². The predicted octanol–water partition coefficient (Wildman–Crippen LogP) is 1.43. The maximum absolute atomic E-state index is 8.09. The third-order valence-electron chi connectivity index (χ3n) is 0.733.